The minimum absolute atomic E-state index is 0.0495. The highest BCUT2D eigenvalue weighted by Crippen LogP contribution is 2.33. The van der Waals surface area contributed by atoms with E-state index in [-0.39, 0.29) is 36.7 Å². The molecule has 2 N–H and O–H groups in total. The van der Waals surface area contributed by atoms with Crippen molar-refractivity contribution < 1.29 is 32.2 Å². The summed E-state index contributed by atoms with van der Waals surface area (Å²) in [5.41, 5.74) is 1.19. The zero-order chi connectivity index (χ0) is 23.0. The number of fused-ring (bicyclic) bond motifs is 2. The summed E-state index contributed by atoms with van der Waals surface area (Å²) in [6, 6.07) is 9.84. The molecule has 10 nitrogen and oxygen atoms in total. The van der Waals surface area contributed by atoms with Crippen LogP contribution in [-0.4, -0.2) is 51.0 Å². The van der Waals surface area contributed by atoms with Crippen LogP contribution < -0.4 is 24.8 Å². The SMILES string of the molecule is O=C1COc2ccc(S(=O)(=O)N3CCC[C@H](C(=O)NCc4ccc5c(c4)OCO5)C3)cc2N1. The standard InChI is InChI=1S/C22H23N3O7S/c26-21-12-30-18-6-4-16(9-17(18)24-21)33(28,29)25-7-1-2-15(11-25)22(27)23-10-14-3-5-19-20(8-14)32-13-31-19/h3-6,8-9,15H,1-2,7,10-13H2,(H,23,27)(H,24,26)/t15-/m0/s1. The normalized spacial score (nSPS) is 19.9. The smallest absolute Gasteiger partial charge is 0.262 e. The maximum absolute atomic E-state index is 13.2. The molecule has 2 aromatic rings. The molecule has 2 amide bonds. The molecule has 1 fully saturated rings. The summed E-state index contributed by atoms with van der Waals surface area (Å²) in [5, 5.41) is 5.52. The zero-order valence-electron chi connectivity index (χ0n) is 17.7. The van der Waals surface area contributed by atoms with Gasteiger partial charge in [-0.2, -0.15) is 4.31 Å². The summed E-state index contributed by atoms with van der Waals surface area (Å²) in [6.07, 6.45) is 1.18. The van der Waals surface area contributed by atoms with Crippen molar-refractivity contribution in [2.75, 3.05) is 31.8 Å². The maximum Gasteiger partial charge on any atom is 0.262 e. The Morgan fingerprint density at radius 3 is 2.79 bits per heavy atom. The van der Waals surface area contributed by atoms with Gasteiger partial charge in [-0.3, -0.25) is 9.59 Å². The van der Waals surface area contributed by atoms with Gasteiger partial charge >= 0.3 is 0 Å². The van der Waals surface area contributed by atoms with Gasteiger partial charge < -0.3 is 24.8 Å². The van der Waals surface area contributed by atoms with Crippen LogP contribution in [0.4, 0.5) is 5.69 Å². The lowest BCUT2D eigenvalue weighted by atomic mass is 9.98. The molecule has 0 aromatic heterocycles. The average Bonchev–Trinajstić information content (AvgIpc) is 3.30. The monoisotopic (exact) mass is 473 g/mol. The third-order valence-corrected chi connectivity index (χ3v) is 7.74. The van der Waals surface area contributed by atoms with Gasteiger partial charge in [0, 0.05) is 19.6 Å². The summed E-state index contributed by atoms with van der Waals surface area (Å²) in [4.78, 5) is 24.4. The summed E-state index contributed by atoms with van der Waals surface area (Å²) < 4.78 is 43.7. The average molecular weight is 474 g/mol. The third-order valence-electron chi connectivity index (χ3n) is 5.88. The molecule has 5 rings (SSSR count). The molecule has 0 aliphatic carbocycles. The van der Waals surface area contributed by atoms with Crippen molar-refractivity contribution in [2.45, 2.75) is 24.3 Å². The van der Waals surface area contributed by atoms with Crippen LogP contribution in [0.25, 0.3) is 0 Å². The highest BCUT2D eigenvalue weighted by atomic mass is 32.2. The van der Waals surface area contributed by atoms with Crippen molar-refractivity contribution in [2.24, 2.45) is 5.92 Å². The Hall–Kier alpha value is -3.31. The van der Waals surface area contributed by atoms with Crippen molar-refractivity contribution >= 4 is 27.5 Å². The number of rotatable bonds is 5. The number of nitrogens with one attached hydrogen (secondary N) is 2. The molecular weight excluding hydrogens is 450 g/mol. The number of amides is 2. The summed E-state index contributed by atoms with van der Waals surface area (Å²) in [6.45, 7) is 0.808. The van der Waals surface area contributed by atoms with Crippen LogP contribution in [0.15, 0.2) is 41.3 Å². The number of sulfonamides is 1. The van der Waals surface area contributed by atoms with Gasteiger partial charge in [-0.05, 0) is 48.7 Å². The molecule has 174 valence electrons. The molecule has 0 saturated carbocycles. The number of benzene rings is 2. The number of hydrogen-bond donors (Lipinski definition) is 2. The second-order valence-electron chi connectivity index (χ2n) is 8.10. The van der Waals surface area contributed by atoms with Crippen LogP contribution in [0.1, 0.15) is 18.4 Å². The molecule has 0 radical (unpaired) electrons. The molecule has 1 saturated heterocycles. The van der Waals surface area contributed by atoms with Crippen LogP contribution >= 0.6 is 0 Å². The first-order valence-corrected chi connectivity index (χ1v) is 12.1. The number of carbonyl (C=O) groups excluding carboxylic acids is 2. The molecule has 33 heavy (non-hydrogen) atoms. The highest BCUT2D eigenvalue weighted by molar-refractivity contribution is 7.89. The van der Waals surface area contributed by atoms with Gasteiger partial charge in [-0.1, -0.05) is 6.07 Å². The Morgan fingerprint density at radius 2 is 1.91 bits per heavy atom. The quantitative estimate of drug-likeness (QED) is 0.674. The molecule has 0 unspecified atom stereocenters. The predicted octanol–water partition coefficient (Wildman–Crippen LogP) is 1.46. The van der Waals surface area contributed by atoms with Crippen molar-refractivity contribution in [3.8, 4) is 17.2 Å². The van der Waals surface area contributed by atoms with Gasteiger partial charge in [-0.25, -0.2) is 8.42 Å². The molecular formula is C22H23N3O7S. The van der Waals surface area contributed by atoms with Crippen molar-refractivity contribution in [1.29, 1.82) is 0 Å². The van der Waals surface area contributed by atoms with E-state index in [0.717, 1.165) is 5.56 Å². The Kier molecular flexibility index (Phi) is 5.59. The molecule has 0 bridgehead atoms. The first kappa shape index (κ1) is 21.5. The first-order valence-electron chi connectivity index (χ1n) is 10.6. The van der Waals surface area contributed by atoms with Gasteiger partial charge in [0.2, 0.25) is 22.7 Å². The lowest BCUT2D eigenvalue weighted by Gasteiger charge is -2.31. The first-order chi connectivity index (χ1) is 15.9. The molecule has 3 aliphatic heterocycles. The van der Waals surface area contributed by atoms with Gasteiger partial charge in [0.05, 0.1) is 16.5 Å². The van der Waals surface area contributed by atoms with E-state index in [1.165, 1.54) is 22.5 Å². The topological polar surface area (TPSA) is 123 Å². The van der Waals surface area contributed by atoms with E-state index in [2.05, 4.69) is 10.6 Å². The van der Waals surface area contributed by atoms with Crippen LogP contribution in [0.5, 0.6) is 17.2 Å². The number of carbonyl (C=O) groups is 2. The molecule has 0 spiro atoms. The highest BCUT2D eigenvalue weighted by Gasteiger charge is 2.34. The molecule has 2 aromatic carbocycles. The fourth-order valence-corrected chi connectivity index (χ4v) is 5.68. The van der Waals surface area contributed by atoms with E-state index in [1.807, 2.05) is 12.1 Å². The lowest BCUT2D eigenvalue weighted by Crippen LogP contribution is -2.45. The number of anilines is 1. The number of piperidine rings is 1. The fraction of sp³-hybridized carbons (Fsp3) is 0.364. The summed E-state index contributed by atoms with van der Waals surface area (Å²) in [5.74, 6) is 0.749. The van der Waals surface area contributed by atoms with E-state index in [1.54, 1.807) is 6.07 Å². The number of hydrogen-bond acceptors (Lipinski definition) is 7. The summed E-state index contributed by atoms with van der Waals surface area (Å²) >= 11 is 0. The van der Waals surface area contributed by atoms with E-state index >= 15 is 0 Å². The number of nitrogens with zero attached hydrogens (tertiary/aromatic N) is 1. The van der Waals surface area contributed by atoms with Crippen LogP contribution in [-0.2, 0) is 26.2 Å². The third kappa shape index (κ3) is 4.33. The Balaban J connectivity index is 1.24. The van der Waals surface area contributed by atoms with Crippen molar-refractivity contribution in [3.63, 3.8) is 0 Å². The Morgan fingerprint density at radius 1 is 1.09 bits per heavy atom. The van der Waals surface area contributed by atoms with E-state index in [9.17, 15) is 18.0 Å². The van der Waals surface area contributed by atoms with E-state index < -0.39 is 15.9 Å². The maximum atomic E-state index is 13.2. The fourth-order valence-electron chi connectivity index (χ4n) is 4.13. The van der Waals surface area contributed by atoms with Crippen molar-refractivity contribution in [3.05, 3.63) is 42.0 Å². The molecule has 11 heteroatoms. The number of ether oxygens (including phenoxy) is 3. The van der Waals surface area contributed by atoms with E-state index in [4.69, 9.17) is 14.2 Å². The zero-order valence-corrected chi connectivity index (χ0v) is 18.5. The molecule has 3 aliphatic rings. The summed E-state index contributed by atoms with van der Waals surface area (Å²) in [7, 11) is -3.84. The Labute approximate surface area is 190 Å². The second kappa shape index (κ2) is 8.56. The minimum atomic E-state index is -3.84. The minimum Gasteiger partial charge on any atom is -0.482 e. The predicted molar refractivity (Wildman–Crippen MR) is 116 cm³/mol. The molecule has 1 atom stereocenters. The van der Waals surface area contributed by atoms with Crippen LogP contribution in [0.3, 0.4) is 0 Å². The molecule has 3 heterocycles. The van der Waals surface area contributed by atoms with Gasteiger partial charge in [0.15, 0.2) is 18.1 Å². The van der Waals surface area contributed by atoms with Gasteiger partial charge in [0.25, 0.3) is 5.91 Å². The van der Waals surface area contributed by atoms with Crippen LogP contribution in [0, 0.1) is 5.92 Å². The van der Waals surface area contributed by atoms with Crippen LogP contribution in [0.2, 0.25) is 0 Å². The Bertz CT molecular complexity index is 1210. The lowest BCUT2D eigenvalue weighted by molar-refractivity contribution is -0.126. The second-order valence-corrected chi connectivity index (χ2v) is 10.0. The van der Waals surface area contributed by atoms with Crippen molar-refractivity contribution in [1.82, 2.24) is 9.62 Å². The van der Waals surface area contributed by atoms with E-state index in [0.29, 0.717) is 48.9 Å². The van der Waals surface area contributed by atoms with Gasteiger partial charge in [-0.15, -0.1) is 0 Å². The largest absolute Gasteiger partial charge is 0.482 e. The van der Waals surface area contributed by atoms with Gasteiger partial charge in [0.1, 0.15) is 5.75 Å².